The molecular weight excluding hydrogens is 424 g/mol. The number of aryl methyl sites for hydroxylation is 4. The molecule has 0 radical (unpaired) electrons. The Kier molecular flexibility index (Phi) is 6.53. The van der Waals surface area contributed by atoms with Crippen LogP contribution in [0.4, 0.5) is 0 Å². The molecule has 2 aromatic carbocycles. The molecule has 0 amide bonds. The highest BCUT2D eigenvalue weighted by molar-refractivity contribution is 6.32. The Hall–Kier alpha value is -2.83. The summed E-state index contributed by atoms with van der Waals surface area (Å²) in [5.74, 6) is 2.57. The van der Waals surface area contributed by atoms with Gasteiger partial charge in [0.1, 0.15) is 17.3 Å². The fourth-order valence-electron chi connectivity index (χ4n) is 4.11. The number of imidazole rings is 1. The molecule has 6 nitrogen and oxygen atoms in total. The first kappa shape index (κ1) is 22.4. The molecule has 0 aliphatic rings. The summed E-state index contributed by atoms with van der Waals surface area (Å²) in [6.07, 6.45) is 1.66. The summed E-state index contributed by atoms with van der Waals surface area (Å²) < 4.78 is 13.0. The second-order valence-corrected chi connectivity index (χ2v) is 8.61. The van der Waals surface area contributed by atoms with Gasteiger partial charge in [-0.3, -0.25) is 0 Å². The summed E-state index contributed by atoms with van der Waals surface area (Å²) in [6, 6.07) is 12.7. The molecule has 2 aromatic heterocycles. The fourth-order valence-corrected chi connectivity index (χ4v) is 4.39. The summed E-state index contributed by atoms with van der Waals surface area (Å²) in [4.78, 5) is 5.03. The number of hydrogen-bond acceptors (Lipinski definition) is 5. The van der Waals surface area contributed by atoms with E-state index in [0.29, 0.717) is 16.8 Å². The van der Waals surface area contributed by atoms with Crippen LogP contribution in [0.3, 0.4) is 0 Å². The number of aromatic nitrogens is 3. The van der Waals surface area contributed by atoms with Crippen molar-refractivity contribution in [1.82, 2.24) is 20.0 Å². The van der Waals surface area contributed by atoms with E-state index in [4.69, 9.17) is 25.8 Å². The minimum Gasteiger partial charge on any atom is -0.495 e. The first-order valence-electron chi connectivity index (χ1n) is 10.8. The van der Waals surface area contributed by atoms with E-state index >= 15 is 0 Å². The van der Waals surface area contributed by atoms with E-state index in [1.54, 1.807) is 7.11 Å². The summed E-state index contributed by atoms with van der Waals surface area (Å²) in [7, 11) is 3.61. The van der Waals surface area contributed by atoms with Crippen LogP contribution in [0.15, 0.2) is 40.9 Å². The van der Waals surface area contributed by atoms with Gasteiger partial charge in [0.15, 0.2) is 0 Å². The van der Waals surface area contributed by atoms with Crippen molar-refractivity contribution in [3.63, 3.8) is 0 Å². The van der Waals surface area contributed by atoms with Crippen LogP contribution in [0.25, 0.3) is 22.2 Å². The van der Waals surface area contributed by atoms with Gasteiger partial charge in [-0.1, -0.05) is 28.9 Å². The molecule has 0 aliphatic heterocycles. The lowest BCUT2D eigenvalue weighted by Gasteiger charge is -2.15. The predicted molar refractivity (Wildman–Crippen MR) is 129 cm³/mol. The number of halogens is 1. The molecule has 0 aliphatic carbocycles. The molecule has 7 heteroatoms. The van der Waals surface area contributed by atoms with Crippen LogP contribution in [-0.2, 0) is 19.4 Å². The monoisotopic (exact) mass is 452 g/mol. The second kappa shape index (κ2) is 9.35. The van der Waals surface area contributed by atoms with E-state index in [1.165, 1.54) is 0 Å². The molecule has 4 rings (SSSR count). The van der Waals surface area contributed by atoms with E-state index < -0.39 is 0 Å². The molecular formula is C25H29ClN4O2. The van der Waals surface area contributed by atoms with Gasteiger partial charge < -0.3 is 19.1 Å². The zero-order valence-corrected chi connectivity index (χ0v) is 20.0. The number of rotatable bonds is 8. The summed E-state index contributed by atoms with van der Waals surface area (Å²) >= 11 is 6.32. The summed E-state index contributed by atoms with van der Waals surface area (Å²) in [5, 5.41) is 8.07. The van der Waals surface area contributed by atoms with Crippen molar-refractivity contribution in [2.24, 2.45) is 0 Å². The molecule has 0 bridgehead atoms. The molecule has 0 fully saturated rings. The fraction of sp³-hybridized carbons (Fsp3) is 0.360. The zero-order valence-electron chi connectivity index (χ0n) is 19.2. The van der Waals surface area contributed by atoms with Crippen LogP contribution in [-0.4, -0.2) is 34.9 Å². The molecule has 1 N–H and O–H groups in total. The average molecular weight is 453 g/mol. The van der Waals surface area contributed by atoms with Crippen LogP contribution in [0.1, 0.15) is 29.8 Å². The lowest BCUT2D eigenvalue weighted by Crippen LogP contribution is -2.27. The molecule has 0 saturated heterocycles. The van der Waals surface area contributed by atoms with Gasteiger partial charge in [-0.05, 0) is 69.6 Å². The van der Waals surface area contributed by atoms with Crippen LogP contribution in [0.2, 0.25) is 5.02 Å². The Morgan fingerprint density at radius 1 is 1.16 bits per heavy atom. The number of nitrogens with one attached hydrogen (secondary N) is 1. The maximum Gasteiger partial charge on any atom is 0.141 e. The lowest BCUT2D eigenvalue weighted by atomic mass is 10.0. The molecule has 32 heavy (non-hydrogen) atoms. The summed E-state index contributed by atoms with van der Waals surface area (Å²) in [5.41, 5.74) is 6.28. The van der Waals surface area contributed by atoms with Crippen molar-refractivity contribution in [3.05, 3.63) is 64.3 Å². The third-order valence-corrected chi connectivity index (χ3v) is 6.25. The van der Waals surface area contributed by atoms with Crippen molar-refractivity contribution in [1.29, 1.82) is 0 Å². The Balaban J connectivity index is 1.69. The predicted octanol–water partition coefficient (Wildman–Crippen LogP) is 5.36. The van der Waals surface area contributed by atoms with Crippen molar-refractivity contribution < 1.29 is 9.26 Å². The smallest absolute Gasteiger partial charge is 0.141 e. The molecule has 0 saturated carbocycles. The van der Waals surface area contributed by atoms with Crippen molar-refractivity contribution in [2.75, 3.05) is 14.2 Å². The lowest BCUT2D eigenvalue weighted by molar-refractivity contribution is 0.393. The minimum absolute atomic E-state index is 0.323. The van der Waals surface area contributed by atoms with Crippen molar-refractivity contribution >= 4 is 22.6 Å². The minimum atomic E-state index is 0.323. The third-order valence-electron chi connectivity index (χ3n) is 5.95. The Labute approximate surface area is 193 Å². The van der Waals surface area contributed by atoms with Gasteiger partial charge in [0.2, 0.25) is 0 Å². The molecule has 2 heterocycles. The van der Waals surface area contributed by atoms with Gasteiger partial charge in [0, 0.05) is 24.6 Å². The number of ether oxygens (including phenoxy) is 1. The maximum absolute atomic E-state index is 6.32. The van der Waals surface area contributed by atoms with Gasteiger partial charge in [-0.15, -0.1) is 0 Å². The Morgan fingerprint density at radius 3 is 2.62 bits per heavy atom. The number of methoxy groups -OCH3 is 1. The highest BCUT2D eigenvalue weighted by Crippen LogP contribution is 2.30. The van der Waals surface area contributed by atoms with Gasteiger partial charge in [0.05, 0.1) is 28.9 Å². The van der Waals surface area contributed by atoms with E-state index in [2.05, 4.69) is 46.2 Å². The standard InChI is InChI=1S/C25H29ClN4O2/c1-15(27-4)14-30-22-9-8-19(25-16(2)29-32-17(25)3)13-21(22)28-24(30)11-7-18-6-10-23(31-5)20(26)12-18/h6,8-10,12-13,15,27H,7,11,14H2,1-5H3/t15-/m0/s1. The molecule has 0 spiro atoms. The first-order chi connectivity index (χ1) is 15.4. The van der Waals surface area contributed by atoms with Gasteiger partial charge in [0.25, 0.3) is 0 Å². The molecule has 0 unspecified atom stereocenters. The largest absolute Gasteiger partial charge is 0.495 e. The summed E-state index contributed by atoms with van der Waals surface area (Å²) in [6.45, 7) is 6.93. The van der Waals surface area contributed by atoms with Crippen LogP contribution < -0.4 is 10.1 Å². The highest BCUT2D eigenvalue weighted by Gasteiger charge is 2.17. The van der Waals surface area contributed by atoms with E-state index in [0.717, 1.165) is 64.4 Å². The third kappa shape index (κ3) is 4.38. The van der Waals surface area contributed by atoms with Crippen LogP contribution in [0.5, 0.6) is 5.75 Å². The van der Waals surface area contributed by atoms with Crippen molar-refractivity contribution in [3.8, 4) is 16.9 Å². The van der Waals surface area contributed by atoms with E-state index in [1.807, 2.05) is 33.0 Å². The highest BCUT2D eigenvalue weighted by atomic mass is 35.5. The van der Waals surface area contributed by atoms with E-state index in [-0.39, 0.29) is 0 Å². The Morgan fingerprint density at radius 2 is 1.97 bits per heavy atom. The normalized spacial score (nSPS) is 12.4. The first-order valence-corrected chi connectivity index (χ1v) is 11.2. The van der Waals surface area contributed by atoms with Crippen molar-refractivity contribution in [2.45, 2.75) is 46.2 Å². The number of hydrogen-bond donors (Lipinski definition) is 1. The topological polar surface area (TPSA) is 65.1 Å². The maximum atomic E-state index is 6.32. The SMILES string of the molecule is CN[C@@H](C)Cn1c(CCc2ccc(OC)c(Cl)c2)nc2cc(-c3c(C)noc3C)ccc21. The Bertz CT molecular complexity index is 1220. The average Bonchev–Trinajstić information content (AvgIpc) is 3.30. The van der Waals surface area contributed by atoms with Gasteiger partial charge >= 0.3 is 0 Å². The molecule has 168 valence electrons. The number of benzene rings is 2. The molecule has 4 aromatic rings. The molecule has 1 atom stereocenters. The zero-order chi connectivity index (χ0) is 22.8. The quantitative estimate of drug-likeness (QED) is 0.389. The van der Waals surface area contributed by atoms with Gasteiger partial charge in [-0.25, -0.2) is 4.98 Å². The van der Waals surface area contributed by atoms with Crippen LogP contribution >= 0.6 is 11.6 Å². The van der Waals surface area contributed by atoms with E-state index in [9.17, 15) is 0 Å². The van der Waals surface area contributed by atoms with Crippen LogP contribution in [0, 0.1) is 13.8 Å². The second-order valence-electron chi connectivity index (χ2n) is 8.20. The number of nitrogens with zero attached hydrogens (tertiary/aromatic N) is 3. The number of fused-ring (bicyclic) bond motifs is 1. The van der Waals surface area contributed by atoms with Gasteiger partial charge in [-0.2, -0.15) is 0 Å². The number of likely N-dealkylation sites (N-methyl/N-ethyl adjacent to an activating group) is 1.